The summed E-state index contributed by atoms with van der Waals surface area (Å²) in [5.74, 6) is 0.423. The van der Waals surface area contributed by atoms with Crippen LogP contribution in [-0.2, 0) is 16.1 Å². The number of carbonyl (C=O) groups is 1. The maximum atomic E-state index is 12.4. The fourth-order valence-electron chi connectivity index (χ4n) is 1.80. The zero-order valence-corrected chi connectivity index (χ0v) is 10.2. The summed E-state index contributed by atoms with van der Waals surface area (Å²) in [7, 11) is 0. The third-order valence-electron chi connectivity index (χ3n) is 2.85. The Balaban J connectivity index is 1.77. The van der Waals surface area contributed by atoms with Gasteiger partial charge in [0.25, 0.3) is 5.91 Å². The smallest absolute Gasteiger partial charge is 0.387 e. The third-order valence-corrected chi connectivity index (χ3v) is 2.85. The van der Waals surface area contributed by atoms with Gasteiger partial charge in [0, 0.05) is 18.2 Å². The Morgan fingerprint density at radius 3 is 2.75 bits per heavy atom. The Kier molecular flexibility index (Phi) is 3.31. The molecule has 1 aromatic rings. The average Bonchev–Trinajstić information content (AvgIpc) is 3.15. The molecule has 8 heteroatoms. The van der Waals surface area contributed by atoms with Crippen LogP contribution in [-0.4, -0.2) is 32.0 Å². The lowest BCUT2D eigenvalue weighted by Crippen LogP contribution is -2.27. The molecule has 1 fully saturated rings. The molecular formula is C12H11F2NO5. The summed E-state index contributed by atoms with van der Waals surface area (Å²) in [5.41, 5.74) is 0.378. The Bertz CT molecular complexity index is 533. The van der Waals surface area contributed by atoms with Crippen molar-refractivity contribution in [2.75, 3.05) is 13.4 Å². The van der Waals surface area contributed by atoms with Crippen LogP contribution in [0.1, 0.15) is 5.56 Å². The fourth-order valence-corrected chi connectivity index (χ4v) is 1.80. The third kappa shape index (κ3) is 2.74. The number of hydrogen-bond donors (Lipinski definition) is 1. The minimum atomic E-state index is -2.96. The molecule has 0 bridgehead atoms. The fraction of sp³-hybridized carbons (Fsp3) is 0.417. The van der Waals surface area contributed by atoms with E-state index in [0.717, 1.165) is 0 Å². The van der Waals surface area contributed by atoms with Gasteiger partial charge >= 0.3 is 6.61 Å². The molecule has 20 heavy (non-hydrogen) atoms. The number of epoxide rings is 1. The molecule has 1 N–H and O–H groups in total. The topological polar surface area (TPSA) is 69.3 Å². The second-order valence-electron chi connectivity index (χ2n) is 4.23. The number of halogens is 2. The number of ether oxygens (including phenoxy) is 4. The van der Waals surface area contributed by atoms with Crippen LogP contribution in [0.5, 0.6) is 17.2 Å². The second-order valence-corrected chi connectivity index (χ2v) is 4.23. The van der Waals surface area contributed by atoms with Crippen molar-refractivity contribution >= 4 is 5.91 Å². The number of benzene rings is 1. The average molecular weight is 287 g/mol. The van der Waals surface area contributed by atoms with Gasteiger partial charge in [0.15, 0.2) is 17.6 Å². The summed E-state index contributed by atoms with van der Waals surface area (Å²) in [6.07, 6.45) is -0.441. The van der Waals surface area contributed by atoms with Crippen LogP contribution in [0.15, 0.2) is 12.1 Å². The molecule has 0 aromatic heterocycles. The zero-order chi connectivity index (χ0) is 14.1. The van der Waals surface area contributed by atoms with Crippen molar-refractivity contribution in [2.45, 2.75) is 19.3 Å². The largest absolute Gasteiger partial charge is 0.454 e. The zero-order valence-electron chi connectivity index (χ0n) is 10.2. The highest BCUT2D eigenvalue weighted by molar-refractivity contribution is 5.82. The van der Waals surface area contributed by atoms with E-state index in [-0.39, 0.29) is 25.0 Å². The van der Waals surface area contributed by atoms with Crippen LogP contribution in [0.4, 0.5) is 8.78 Å². The molecular weight excluding hydrogens is 276 g/mol. The number of alkyl halides is 2. The number of nitrogens with one attached hydrogen (secondary N) is 1. The maximum absolute atomic E-state index is 12.4. The van der Waals surface area contributed by atoms with E-state index in [2.05, 4.69) is 10.1 Å². The van der Waals surface area contributed by atoms with Crippen molar-refractivity contribution in [3.8, 4) is 17.2 Å². The van der Waals surface area contributed by atoms with Crippen LogP contribution in [0, 0.1) is 0 Å². The van der Waals surface area contributed by atoms with Gasteiger partial charge in [0.2, 0.25) is 6.79 Å². The molecule has 0 saturated carbocycles. The van der Waals surface area contributed by atoms with E-state index in [1.165, 1.54) is 12.1 Å². The van der Waals surface area contributed by atoms with Gasteiger partial charge in [-0.3, -0.25) is 4.79 Å². The predicted molar refractivity (Wildman–Crippen MR) is 60.8 cm³/mol. The van der Waals surface area contributed by atoms with Crippen LogP contribution in [0.2, 0.25) is 0 Å². The van der Waals surface area contributed by atoms with Crippen molar-refractivity contribution in [2.24, 2.45) is 0 Å². The molecule has 1 saturated heterocycles. The van der Waals surface area contributed by atoms with Crippen molar-refractivity contribution in [1.82, 2.24) is 5.32 Å². The van der Waals surface area contributed by atoms with E-state index in [1.54, 1.807) is 0 Å². The summed E-state index contributed by atoms with van der Waals surface area (Å²) in [5, 5.41) is 2.58. The van der Waals surface area contributed by atoms with Gasteiger partial charge < -0.3 is 24.3 Å². The quantitative estimate of drug-likeness (QED) is 0.819. The van der Waals surface area contributed by atoms with Gasteiger partial charge in [0.1, 0.15) is 5.75 Å². The number of rotatable bonds is 5. The van der Waals surface area contributed by atoms with Crippen molar-refractivity contribution in [3.05, 3.63) is 17.7 Å². The number of carbonyl (C=O) groups excluding carboxylic acids is 1. The van der Waals surface area contributed by atoms with E-state index in [1.807, 2.05) is 0 Å². The first-order chi connectivity index (χ1) is 9.63. The Labute approximate surface area is 112 Å². The van der Waals surface area contributed by atoms with E-state index in [9.17, 15) is 13.6 Å². The van der Waals surface area contributed by atoms with Crippen LogP contribution in [0.25, 0.3) is 0 Å². The molecule has 1 atom stereocenters. The van der Waals surface area contributed by atoms with Gasteiger partial charge in [-0.2, -0.15) is 8.78 Å². The van der Waals surface area contributed by atoms with Crippen molar-refractivity contribution in [3.63, 3.8) is 0 Å². The Hall–Kier alpha value is -2.09. The first kappa shape index (κ1) is 12.9. The highest BCUT2D eigenvalue weighted by Gasteiger charge is 2.31. The molecule has 3 rings (SSSR count). The molecule has 0 spiro atoms. The van der Waals surface area contributed by atoms with E-state index >= 15 is 0 Å². The molecule has 1 unspecified atom stereocenters. The molecule has 108 valence electrons. The first-order valence-electron chi connectivity index (χ1n) is 5.90. The highest BCUT2D eigenvalue weighted by Crippen LogP contribution is 2.38. The highest BCUT2D eigenvalue weighted by atomic mass is 19.3. The van der Waals surface area contributed by atoms with Gasteiger partial charge in [-0.1, -0.05) is 0 Å². The monoisotopic (exact) mass is 287 g/mol. The van der Waals surface area contributed by atoms with Crippen LogP contribution in [0.3, 0.4) is 0 Å². The summed E-state index contributed by atoms with van der Waals surface area (Å²) in [6, 6.07) is 2.83. The molecule has 2 aliphatic rings. The molecule has 6 nitrogen and oxygen atoms in total. The number of amides is 1. The number of fused-ring (bicyclic) bond motifs is 1. The lowest BCUT2D eigenvalue weighted by molar-refractivity contribution is -0.122. The summed E-state index contributed by atoms with van der Waals surface area (Å²) >= 11 is 0. The van der Waals surface area contributed by atoms with Gasteiger partial charge in [-0.15, -0.1) is 0 Å². The van der Waals surface area contributed by atoms with Gasteiger partial charge in [-0.25, -0.2) is 0 Å². The van der Waals surface area contributed by atoms with E-state index < -0.39 is 12.7 Å². The molecule has 2 aliphatic heterocycles. The standard InChI is InChI=1S/C12H11F2NO5/c13-12(14)20-7-2-9-8(18-5-19-9)1-6(7)3-15-11(16)10-4-17-10/h1-2,10,12H,3-5H2,(H,15,16). The Morgan fingerprint density at radius 1 is 1.40 bits per heavy atom. The summed E-state index contributed by atoms with van der Waals surface area (Å²) in [4.78, 5) is 11.5. The summed E-state index contributed by atoms with van der Waals surface area (Å²) < 4.78 is 44.3. The lowest BCUT2D eigenvalue weighted by Gasteiger charge is -2.12. The molecule has 0 aliphatic carbocycles. The second kappa shape index (κ2) is 5.12. The first-order valence-corrected chi connectivity index (χ1v) is 5.90. The van der Waals surface area contributed by atoms with Gasteiger partial charge in [0.05, 0.1) is 6.61 Å². The predicted octanol–water partition coefficient (Wildman–Crippen LogP) is 1.03. The van der Waals surface area contributed by atoms with Crippen LogP contribution < -0.4 is 19.5 Å². The van der Waals surface area contributed by atoms with Crippen LogP contribution >= 0.6 is 0 Å². The lowest BCUT2D eigenvalue weighted by atomic mass is 10.1. The van der Waals surface area contributed by atoms with Crippen molar-refractivity contribution < 1.29 is 32.5 Å². The maximum Gasteiger partial charge on any atom is 0.387 e. The molecule has 2 heterocycles. The van der Waals surface area contributed by atoms with E-state index in [0.29, 0.717) is 23.7 Å². The Morgan fingerprint density at radius 2 is 2.10 bits per heavy atom. The van der Waals surface area contributed by atoms with E-state index in [4.69, 9.17) is 14.2 Å². The molecule has 1 amide bonds. The minimum absolute atomic E-state index is 0.0230. The number of hydrogen-bond acceptors (Lipinski definition) is 5. The molecule has 1 aromatic carbocycles. The summed E-state index contributed by atoms with van der Waals surface area (Å²) in [6.45, 7) is -2.52. The van der Waals surface area contributed by atoms with Crippen molar-refractivity contribution in [1.29, 1.82) is 0 Å². The SMILES string of the molecule is O=C(NCc1cc2c(cc1OC(F)F)OCO2)C1CO1. The minimum Gasteiger partial charge on any atom is -0.454 e. The molecule has 0 radical (unpaired) electrons. The van der Waals surface area contributed by atoms with Gasteiger partial charge in [-0.05, 0) is 6.07 Å². The normalized spacial score (nSPS) is 19.1.